The van der Waals surface area contributed by atoms with E-state index in [0.717, 1.165) is 0 Å². The first-order chi connectivity index (χ1) is 8.70. The molecule has 88 valence electrons. The summed E-state index contributed by atoms with van der Waals surface area (Å²) < 4.78 is 0. The molecule has 0 fully saturated rings. The van der Waals surface area contributed by atoms with Crippen LogP contribution < -0.4 is 5.32 Å². The third-order valence-electron chi connectivity index (χ3n) is 2.14. The molecule has 1 heterocycles. The minimum absolute atomic E-state index is 0.177. The lowest BCUT2D eigenvalue weighted by atomic mass is 10.2. The van der Waals surface area contributed by atoms with Crippen molar-refractivity contribution in [3.05, 3.63) is 53.1 Å². The van der Waals surface area contributed by atoms with Gasteiger partial charge in [-0.1, -0.05) is 11.6 Å². The molecule has 1 N–H and O–H groups in total. The topological polar surface area (TPSA) is 78.7 Å². The van der Waals surface area contributed by atoms with E-state index in [2.05, 4.69) is 15.3 Å². The number of aromatic nitrogens is 2. The number of nitriles is 1. The largest absolute Gasteiger partial charge is 0.319 e. The second-order valence-electron chi connectivity index (χ2n) is 3.35. The fourth-order valence-electron chi connectivity index (χ4n) is 1.29. The van der Waals surface area contributed by atoms with E-state index < -0.39 is 5.91 Å². The van der Waals surface area contributed by atoms with E-state index in [4.69, 9.17) is 16.9 Å². The summed E-state index contributed by atoms with van der Waals surface area (Å²) in [5.41, 5.74) is 0.955. The molecule has 0 atom stereocenters. The molecule has 1 aromatic heterocycles. The monoisotopic (exact) mass is 258 g/mol. The van der Waals surface area contributed by atoms with Crippen molar-refractivity contribution >= 4 is 23.2 Å². The third-order valence-corrected chi connectivity index (χ3v) is 2.47. The summed E-state index contributed by atoms with van der Waals surface area (Å²) in [6, 6.07) is 6.58. The van der Waals surface area contributed by atoms with Crippen molar-refractivity contribution in [3.63, 3.8) is 0 Å². The first-order valence-corrected chi connectivity index (χ1v) is 5.35. The maximum atomic E-state index is 11.8. The Hall–Kier alpha value is -2.45. The van der Waals surface area contributed by atoms with Gasteiger partial charge in [-0.25, -0.2) is 4.98 Å². The fraction of sp³-hybridized carbons (Fsp3) is 0. The van der Waals surface area contributed by atoms with Crippen LogP contribution in [0.2, 0.25) is 5.02 Å². The summed E-state index contributed by atoms with van der Waals surface area (Å²) in [7, 11) is 0. The Morgan fingerprint density at radius 1 is 1.39 bits per heavy atom. The van der Waals surface area contributed by atoms with E-state index in [1.54, 1.807) is 12.1 Å². The lowest BCUT2D eigenvalue weighted by Crippen LogP contribution is -2.14. The van der Waals surface area contributed by atoms with Crippen molar-refractivity contribution in [1.29, 1.82) is 5.26 Å². The average molecular weight is 259 g/mol. The summed E-state index contributed by atoms with van der Waals surface area (Å²) >= 11 is 5.92. The lowest BCUT2D eigenvalue weighted by molar-refractivity contribution is 0.102. The number of carbonyl (C=O) groups is 1. The van der Waals surface area contributed by atoms with Gasteiger partial charge < -0.3 is 5.32 Å². The van der Waals surface area contributed by atoms with Crippen LogP contribution in [0.25, 0.3) is 0 Å². The predicted octanol–water partition coefficient (Wildman–Crippen LogP) is 2.25. The van der Waals surface area contributed by atoms with E-state index in [1.165, 1.54) is 24.7 Å². The number of nitrogens with one attached hydrogen (secondary N) is 1. The first-order valence-electron chi connectivity index (χ1n) is 4.97. The molecule has 1 aromatic carbocycles. The number of carbonyl (C=O) groups excluding carboxylic acids is 1. The van der Waals surface area contributed by atoms with Crippen molar-refractivity contribution in [3.8, 4) is 6.07 Å². The van der Waals surface area contributed by atoms with Gasteiger partial charge in [0.25, 0.3) is 5.91 Å². The van der Waals surface area contributed by atoms with Crippen LogP contribution in [-0.4, -0.2) is 15.9 Å². The number of hydrogen-bond acceptors (Lipinski definition) is 4. The molecule has 0 aliphatic carbocycles. The van der Waals surface area contributed by atoms with Gasteiger partial charge >= 0.3 is 0 Å². The molecule has 0 radical (unpaired) electrons. The van der Waals surface area contributed by atoms with Gasteiger partial charge in [-0.2, -0.15) is 5.26 Å². The molecular weight excluding hydrogens is 252 g/mol. The van der Waals surface area contributed by atoms with Crippen LogP contribution >= 0.6 is 11.6 Å². The summed E-state index contributed by atoms with van der Waals surface area (Å²) in [5, 5.41) is 11.7. The van der Waals surface area contributed by atoms with Gasteiger partial charge in [0.1, 0.15) is 5.69 Å². The highest BCUT2D eigenvalue weighted by atomic mass is 35.5. The summed E-state index contributed by atoms with van der Waals surface area (Å²) in [5.74, 6) is -0.430. The van der Waals surface area contributed by atoms with Crippen LogP contribution in [0, 0.1) is 11.3 Å². The SMILES string of the molecule is N#Cc1ccc(Cl)c(NC(=O)c2cnccn2)c1. The van der Waals surface area contributed by atoms with E-state index in [-0.39, 0.29) is 5.69 Å². The van der Waals surface area contributed by atoms with Crippen LogP contribution in [0.4, 0.5) is 5.69 Å². The maximum absolute atomic E-state index is 11.8. The highest BCUT2D eigenvalue weighted by Crippen LogP contribution is 2.23. The Bertz CT molecular complexity index is 622. The van der Waals surface area contributed by atoms with Crippen LogP contribution in [-0.2, 0) is 0 Å². The molecule has 18 heavy (non-hydrogen) atoms. The van der Waals surface area contributed by atoms with Crippen LogP contribution in [0.5, 0.6) is 0 Å². The van der Waals surface area contributed by atoms with Crippen LogP contribution in [0.1, 0.15) is 16.1 Å². The highest BCUT2D eigenvalue weighted by molar-refractivity contribution is 6.33. The Labute approximate surface area is 108 Å². The minimum atomic E-state index is -0.430. The van der Waals surface area contributed by atoms with Gasteiger partial charge in [0.15, 0.2) is 0 Å². The second kappa shape index (κ2) is 5.25. The van der Waals surface area contributed by atoms with Crippen molar-refractivity contribution in [2.24, 2.45) is 0 Å². The summed E-state index contributed by atoms with van der Waals surface area (Å²) in [6.45, 7) is 0. The number of hydrogen-bond donors (Lipinski definition) is 1. The van der Waals surface area contributed by atoms with E-state index in [0.29, 0.717) is 16.3 Å². The van der Waals surface area contributed by atoms with Gasteiger partial charge in [-0.05, 0) is 18.2 Å². The zero-order chi connectivity index (χ0) is 13.0. The standard InChI is InChI=1S/C12H7ClN4O/c13-9-2-1-8(6-14)5-10(9)17-12(18)11-7-15-3-4-16-11/h1-5,7H,(H,17,18). The van der Waals surface area contributed by atoms with E-state index >= 15 is 0 Å². The van der Waals surface area contributed by atoms with Gasteiger partial charge in [0, 0.05) is 12.4 Å². The van der Waals surface area contributed by atoms with Gasteiger partial charge in [-0.3, -0.25) is 9.78 Å². The molecular formula is C12H7ClN4O. The van der Waals surface area contributed by atoms with Gasteiger partial charge in [-0.15, -0.1) is 0 Å². The quantitative estimate of drug-likeness (QED) is 0.896. The molecule has 0 aliphatic rings. The Kier molecular flexibility index (Phi) is 3.51. The van der Waals surface area contributed by atoms with Crippen LogP contribution in [0.15, 0.2) is 36.8 Å². The van der Waals surface area contributed by atoms with Gasteiger partial charge in [0.05, 0.1) is 28.5 Å². The van der Waals surface area contributed by atoms with Crippen molar-refractivity contribution < 1.29 is 4.79 Å². The number of amides is 1. The first kappa shape index (κ1) is 12.0. The van der Waals surface area contributed by atoms with Gasteiger partial charge in [0.2, 0.25) is 0 Å². The molecule has 2 aromatic rings. The molecule has 0 saturated heterocycles. The molecule has 0 saturated carbocycles. The smallest absolute Gasteiger partial charge is 0.275 e. The van der Waals surface area contributed by atoms with Crippen molar-refractivity contribution in [2.75, 3.05) is 5.32 Å². The maximum Gasteiger partial charge on any atom is 0.275 e. The number of nitrogens with zero attached hydrogens (tertiary/aromatic N) is 3. The third kappa shape index (κ3) is 2.62. The fourth-order valence-corrected chi connectivity index (χ4v) is 1.46. The number of halogens is 1. The van der Waals surface area contributed by atoms with E-state index in [9.17, 15) is 4.79 Å². The molecule has 6 heteroatoms. The molecule has 0 bridgehead atoms. The number of anilines is 1. The predicted molar refractivity (Wildman–Crippen MR) is 66.2 cm³/mol. The Balaban J connectivity index is 2.25. The molecule has 1 amide bonds. The molecule has 5 nitrogen and oxygen atoms in total. The Morgan fingerprint density at radius 2 is 2.22 bits per heavy atom. The normalized spacial score (nSPS) is 9.56. The molecule has 0 spiro atoms. The van der Waals surface area contributed by atoms with Crippen molar-refractivity contribution in [1.82, 2.24) is 9.97 Å². The second-order valence-corrected chi connectivity index (χ2v) is 3.76. The molecule has 2 rings (SSSR count). The van der Waals surface area contributed by atoms with Crippen LogP contribution in [0.3, 0.4) is 0 Å². The average Bonchev–Trinajstić information content (AvgIpc) is 2.42. The molecule has 0 aliphatic heterocycles. The minimum Gasteiger partial charge on any atom is -0.319 e. The summed E-state index contributed by atoms with van der Waals surface area (Å²) in [4.78, 5) is 19.5. The van der Waals surface area contributed by atoms with Crippen molar-refractivity contribution in [2.45, 2.75) is 0 Å². The zero-order valence-electron chi connectivity index (χ0n) is 9.09. The zero-order valence-corrected chi connectivity index (χ0v) is 9.85. The highest BCUT2D eigenvalue weighted by Gasteiger charge is 2.10. The number of rotatable bonds is 2. The number of benzene rings is 1. The Morgan fingerprint density at radius 3 is 2.89 bits per heavy atom. The van der Waals surface area contributed by atoms with E-state index in [1.807, 2.05) is 6.07 Å². The summed E-state index contributed by atoms with van der Waals surface area (Å²) in [6.07, 6.45) is 4.24. The molecule has 0 unspecified atom stereocenters. The lowest BCUT2D eigenvalue weighted by Gasteiger charge is -2.06.